The van der Waals surface area contributed by atoms with Crippen LogP contribution in [0.5, 0.6) is 0 Å². The van der Waals surface area contributed by atoms with Crippen molar-refractivity contribution < 1.29 is 24.8 Å². The van der Waals surface area contributed by atoms with Gasteiger partial charge in [-0.05, 0) is 18.6 Å². The van der Waals surface area contributed by atoms with E-state index in [0.717, 1.165) is 19.3 Å². The van der Waals surface area contributed by atoms with E-state index in [-0.39, 0.29) is 13.2 Å². The zero-order valence-corrected chi connectivity index (χ0v) is 18.5. The van der Waals surface area contributed by atoms with Gasteiger partial charge in [0.1, 0.15) is 31.0 Å². The number of hydrogen-bond acceptors (Lipinski definition) is 6. The molecule has 0 aromatic rings. The number of thiocarbonyl (C=S) groups is 1. The highest BCUT2D eigenvalue weighted by Gasteiger charge is 2.39. The van der Waals surface area contributed by atoms with E-state index in [9.17, 15) is 15.3 Å². The highest BCUT2D eigenvalue weighted by molar-refractivity contribution is 7.80. The van der Waals surface area contributed by atoms with Crippen LogP contribution in [0.2, 0.25) is 0 Å². The maximum atomic E-state index is 9.99. The van der Waals surface area contributed by atoms with E-state index in [0.29, 0.717) is 5.05 Å². The molecule has 1 saturated heterocycles. The van der Waals surface area contributed by atoms with E-state index >= 15 is 0 Å². The zero-order valence-electron chi connectivity index (χ0n) is 17.7. The summed E-state index contributed by atoms with van der Waals surface area (Å²) in [5.74, 6) is 0. The van der Waals surface area contributed by atoms with Gasteiger partial charge in [-0.1, -0.05) is 84.0 Å². The highest BCUT2D eigenvalue weighted by Crippen LogP contribution is 2.18. The summed E-state index contributed by atoms with van der Waals surface area (Å²) in [6, 6.07) is 0. The average molecular weight is 419 g/mol. The Labute approximate surface area is 176 Å². The minimum atomic E-state index is -1.08. The molecule has 0 radical (unpaired) electrons. The molecule has 6 heteroatoms. The summed E-state index contributed by atoms with van der Waals surface area (Å²) in [7, 11) is 0. The lowest BCUT2D eigenvalue weighted by Crippen LogP contribution is -2.41. The van der Waals surface area contributed by atoms with E-state index in [1.54, 1.807) is 0 Å². The van der Waals surface area contributed by atoms with Gasteiger partial charge in [0.2, 0.25) is 0 Å². The molecule has 0 aliphatic carbocycles. The summed E-state index contributed by atoms with van der Waals surface area (Å²) in [6.45, 7) is 2.29. The number of unbranched alkanes of at least 4 members (excludes halogenated alkanes) is 12. The van der Waals surface area contributed by atoms with Crippen molar-refractivity contribution >= 4 is 17.3 Å². The Morgan fingerprint density at radius 3 is 1.89 bits per heavy atom. The number of aliphatic hydroxyl groups excluding tert-OH is 3. The fraction of sp³-hybridized carbons (Fsp3) is 0.955. The molecule has 0 aromatic carbocycles. The van der Waals surface area contributed by atoms with Crippen LogP contribution in [0.3, 0.4) is 0 Å². The summed E-state index contributed by atoms with van der Waals surface area (Å²) >= 11 is 5.20. The SMILES string of the molecule is CCCCCCCCCCCCCCCC(=S)OC[C@H](O)[C@@H]1OC[C@@H](O)[C@@H]1O. The van der Waals surface area contributed by atoms with Gasteiger partial charge < -0.3 is 24.8 Å². The molecule has 166 valence electrons. The first-order valence-electron chi connectivity index (χ1n) is 11.4. The minimum Gasteiger partial charge on any atom is -0.484 e. The van der Waals surface area contributed by atoms with Gasteiger partial charge in [0.05, 0.1) is 6.61 Å². The maximum absolute atomic E-state index is 9.99. The molecule has 1 aliphatic heterocycles. The fourth-order valence-electron chi connectivity index (χ4n) is 3.60. The smallest absolute Gasteiger partial charge is 0.159 e. The third-order valence-corrected chi connectivity index (χ3v) is 5.79. The summed E-state index contributed by atoms with van der Waals surface area (Å²) in [4.78, 5) is 0. The summed E-state index contributed by atoms with van der Waals surface area (Å²) < 4.78 is 10.6. The molecule has 28 heavy (non-hydrogen) atoms. The first-order chi connectivity index (χ1) is 13.6. The van der Waals surface area contributed by atoms with Crippen molar-refractivity contribution in [2.45, 2.75) is 121 Å². The molecule has 1 heterocycles. The molecule has 1 aliphatic rings. The van der Waals surface area contributed by atoms with E-state index in [1.165, 1.54) is 70.6 Å². The molecule has 0 spiro atoms. The number of aliphatic hydroxyl groups is 3. The monoisotopic (exact) mass is 418 g/mol. The van der Waals surface area contributed by atoms with Crippen LogP contribution < -0.4 is 0 Å². The summed E-state index contributed by atoms with van der Waals surface area (Å²) in [6.07, 6.45) is 14.0. The molecule has 0 aromatic heterocycles. The van der Waals surface area contributed by atoms with E-state index in [2.05, 4.69) is 6.92 Å². The van der Waals surface area contributed by atoms with Gasteiger partial charge in [0.15, 0.2) is 5.05 Å². The Morgan fingerprint density at radius 1 is 0.929 bits per heavy atom. The third kappa shape index (κ3) is 11.7. The lowest BCUT2D eigenvalue weighted by atomic mass is 10.0. The van der Waals surface area contributed by atoms with Crippen molar-refractivity contribution in [2.75, 3.05) is 13.2 Å². The van der Waals surface area contributed by atoms with Crippen LogP contribution in [0.25, 0.3) is 0 Å². The Bertz CT molecular complexity index is 393. The molecule has 1 rings (SSSR count). The van der Waals surface area contributed by atoms with Crippen molar-refractivity contribution in [3.05, 3.63) is 0 Å². The van der Waals surface area contributed by atoms with Gasteiger partial charge in [-0.25, -0.2) is 0 Å². The molecular formula is C22H42O5S. The second kappa shape index (κ2) is 16.5. The van der Waals surface area contributed by atoms with Crippen LogP contribution in [-0.4, -0.2) is 58.0 Å². The molecule has 5 nitrogen and oxygen atoms in total. The second-order valence-electron chi connectivity index (χ2n) is 8.10. The lowest BCUT2D eigenvalue weighted by Gasteiger charge is -2.21. The van der Waals surface area contributed by atoms with Crippen LogP contribution >= 0.6 is 12.2 Å². The molecule has 0 amide bonds. The van der Waals surface area contributed by atoms with E-state index in [4.69, 9.17) is 21.7 Å². The summed E-state index contributed by atoms with van der Waals surface area (Å²) in [5, 5.41) is 29.6. The topological polar surface area (TPSA) is 79.2 Å². The molecular weight excluding hydrogens is 376 g/mol. The molecule has 3 N–H and O–H groups in total. The van der Waals surface area contributed by atoms with Crippen molar-refractivity contribution in [3.8, 4) is 0 Å². The van der Waals surface area contributed by atoms with Crippen molar-refractivity contribution in [2.24, 2.45) is 0 Å². The predicted octanol–water partition coefficient (Wildman–Crippen LogP) is 4.29. The molecule has 0 unspecified atom stereocenters. The van der Waals surface area contributed by atoms with Crippen molar-refractivity contribution in [3.63, 3.8) is 0 Å². The number of ether oxygens (including phenoxy) is 2. The summed E-state index contributed by atoms with van der Waals surface area (Å²) in [5.41, 5.74) is 0. The number of hydrogen-bond donors (Lipinski definition) is 3. The Hall–Kier alpha value is -0.270. The van der Waals surface area contributed by atoms with Gasteiger partial charge in [0, 0.05) is 6.42 Å². The minimum absolute atomic E-state index is 0.00821. The standard InChI is InChI=1S/C22H42O5S/c1-2-3-4-5-6-7-8-9-10-11-12-13-14-15-20(28)26-17-19(24)22-21(25)18(23)16-27-22/h18-19,21-25H,2-17H2,1H3/t18-,19+,21+,22+/m1/s1. The lowest BCUT2D eigenvalue weighted by molar-refractivity contribution is -0.0663. The van der Waals surface area contributed by atoms with Gasteiger partial charge in [-0.3, -0.25) is 0 Å². The van der Waals surface area contributed by atoms with Gasteiger partial charge in [-0.2, -0.15) is 0 Å². The van der Waals surface area contributed by atoms with Gasteiger partial charge in [0.25, 0.3) is 0 Å². The van der Waals surface area contributed by atoms with Crippen LogP contribution in [-0.2, 0) is 9.47 Å². The molecule has 0 saturated carbocycles. The maximum Gasteiger partial charge on any atom is 0.159 e. The zero-order chi connectivity index (χ0) is 20.6. The quantitative estimate of drug-likeness (QED) is 0.241. The highest BCUT2D eigenvalue weighted by atomic mass is 32.1. The van der Waals surface area contributed by atoms with E-state index in [1.807, 2.05) is 0 Å². The van der Waals surface area contributed by atoms with Crippen LogP contribution in [0.1, 0.15) is 96.8 Å². The van der Waals surface area contributed by atoms with Crippen LogP contribution in [0.15, 0.2) is 0 Å². The Morgan fingerprint density at radius 2 is 1.43 bits per heavy atom. The van der Waals surface area contributed by atoms with Crippen LogP contribution in [0.4, 0.5) is 0 Å². The van der Waals surface area contributed by atoms with Crippen molar-refractivity contribution in [1.29, 1.82) is 0 Å². The second-order valence-corrected chi connectivity index (χ2v) is 8.55. The molecule has 0 bridgehead atoms. The van der Waals surface area contributed by atoms with E-state index < -0.39 is 24.4 Å². The average Bonchev–Trinajstić information content (AvgIpc) is 3.02. The van der Waals surface area contributed by atoms with Crippen LogP contribution in [0, 0.1) is 0 Å². The normalized spacial score (nSPS) is 23.1. The molecule has 4 atom stereocenters. The first-order valence-corrected chi connectivity index (χ1v) is 11.8. The van der Waals surface area contributed by atoms with Crippen molar-refractivity contribution in [1.82, 2.24) is 0 Å². The third-order valence-electron chi connectivity index (χ3n) is 5.47. The Kier molecular flexibility index (Phi) is 15.2. The largest absolute Gasteiger partial charge is 0.484 e. The fourth-order valence-corrected chi connectivity index (χ4v) is 3.81. The molecule has 1 fully saturated rings. The first kappa shape index (κ1) is 25.8. The number of rotatable bonds is 17. The predicted molar refractivity (Wildman–Crippen MR) is 117 cm³/mol. The Balaban J connectivity index is 1.86. The van der Waals surface area contributed by atoms with Gasteiger partial charge >= 0.3 is 0 Å². The van der Waals surface area contributed by atoms with Gasteiger partial charge in [-0.15, -0.1) is 0 Å².